The molecule has 0 spiro atoms. The highest BCUT2D eigenvalue weighted by molar-refractivity contribution is 7.92. The van der Waals surface area contributed by atoms with Crippen molar-refractivity contribution in [2.45, 2.75) is 41.4 Å². The van der Waals surface area contributed by atoms with E-state index in [1.165, 1.54) is 29.2 Å². The summed E-state index contributed by atoms with van der Waals surface area (Å²) in [6, 6.07) is 6.70. The van der Waals surface area contributed by atoms with Crippen molar-refractivity contribution in [3.8, 4) is 0 Å². The number of amides is 2. The lowest BCUT2D eigenvalue weighted by Crippen LogP contribution is -2.55. The van der Waals surface area contributed by atoms with E-state index in [9.17, 15) is 31.9 Å². The molecule has 4 atom stereocenters. The number of anilines is 1. The number of β-amino-alcohol motifs (C(OH)–C–C–N with tert-alkyl or cyclic N) is 1. The number of ether oxygens (including phenoxy) is 1. The summed E-state index contributed by atoms with van der Waals surface area (Å²) >= 11 is 6.27. The van der Waals surface area contributed by atoms with Gasteiger partial charge in [-0.2, -0.15) is 0 Å². The van der Waals surface area contributed by atoms with Gasteiger partial charge in [-0.3, -0.25) is 4.79 Å². The Hall–Kier alpha value is -2.76. The topological polar surface area (TPSA) is 113 Å². The molecule has 2 aromatic carbocycles. The van der Waals surface area contributed by atoms with E-state index in [4.69, 9.17) is 16.3 Å². The summed E-state index contributed by atoms with van der Waals surface area (Å²) in [5.41, 5.74) is -1.20. The van der Waals surface area contributed by atoms with Crippen LogP contribution in [-0.2, 0) is 14.6 Å². The Morgan fingerprint density at radius 1 is 1.14 bits per heavy atom. The molecule has 12 heteroatoms. The van der Waals surface area contributed by atoms with Gasteiger partial charge in [-0.25, -0.2) is 22.0 Å². The molecule has 2 unspecified atom stereocenters. The number of carbonyl (C=O) groups excluding carboxylic acids is 2. The summed E-state index contributed by atoms with van der Waals surface area (Å²) in [7, 11) is -3.99. The minimum Gasteiger partial charge on any atom is -0.448 e. The van der Waals surface area contributed by atoms with E-state index in [1.54, 1.807) is 0 Å². The minimum absolute atomic E-state index is 0.00767. The van der Waals surface area contributed by atoms with Gasteiger partial charge in [0.25, 0.3) is 5.91 Å². The van der Waals surface area contributed by atoms with Gasteiger partial charge < -0.3 is 20.1 Å². The average Bonchev–Trinajstić information content (AvgIpc) is 3.27. The van der Waals surface area contributed by atoms with Gasteiger partial charge in [0.1, 0.15) is 6.61 Å². The maximum Gasteiger partial charge on any atom is 0.410 e. The minimum atomic E-state index is -3.99. The Morgan fingerprint density at radius 2 is 1.84 bits per heavy atom. The number of sulfone groups is 1. The number of aliphatic hydroxyl groups is 1. The summed E-state index contributed by atoms with van der Waals surface area (Å²) in [5.74, 6) is -3.55. The Kier molecular flexibility index (Phi) is 6.66. The molecule has 1 heterocycles. The molecule has 2 aliphatic carbocycles. The van der Waals surface area contributed by atoms with E-state index in [1.807, 2.05) is 0 Å². The van der Waals surface area contributed by atoms with Gasteiger partial charge >= 0.3 is 6.09 Å². The first-order valence-electron chi connectivity index (χ1n) is 11.9. The van der Waals surface area contributed by atoms with Crippen LogP contribution in [0.4, 0.5) is 19.3 Å². The van der Waals surface area contributed by atoms with Crippen molar-refractivity contribution in [3.05, 3.63) is 58.6 Å². The molecule has 2 saturated carbocycles. The van der Waals surface area contributed by atoms with E-state index >= 15 is 0 Å². The Bertz CT molecular complexity index is 1360. The zero-order valence-electron chi connectivity index (χ0n) is 19.6. The highest BCUT2D eigenvalue weighted by atomic mass is 35.5. The van der Waals surface area contributed by atoms with Crippen LogP contribution in [0.5, 0.6) is 0 Å². The third kappa shape index (κ3) is 4.68. The molecule has 1 aliphatic heterocycles. The third-order valence-corrected chi connectivity index (χ3v) is 10.4. The number of cyclic esters (lactones) is 1. The van der Waals surface area contributed by atoms with Crippen molar-refractivity contribution in [2.75, 3.05) is 25.0 Å². The van der Waals surface area contributed by atoms with Crippen LogP contribution < -0.4 is 5.32 Å². The number of hydrogen-bond acceptors (Lipinski definition) is 6. The standard InChI is InChI=1S/C25H25ClF2N2O6S/c26-19-5-1-14(23(31)29-17-4-6-20(27)21(28)12-17)9-22(19)37(34,35)18-10-15-2-3-16(11-18)25(15,33)13-30-7-8-36-24(30)32/h1,4-6,9,12,15-16,18,33H,2-3,7-8,10-11,13H2,(H,29,31)/t15-,16+,18?,25?. The summed E-state index contributed by atoms with van der Waals surface area (Å²) < 4.78 is 59.0. The Morgan fingerprint density at radius 3 is 2.46 bits per heavy atom. The molecule has 8 nitrogen and oxygen atoms in total. The van der Waals surface area contributed by atoms with Crippen LogP contribution in [0.25, 0.3) is 0 Å². The van der Waals surface area contributed by atoms with Gasteiger partial charge in [-0.15, -0.1) is 0 Å². The van der Waals surface area contributed by atoms with Crippen molar-refractivity contribution in [1.82, 2.24) is 4.90 Å². The molecular formula is C25H25ClF2N2O6S. The summed E-state index contributed by atoms with van der Waals surface area (Å²) in [5, 5.41) is 13.0. The van der Waals surface area contributed by atoms with Crippen LogP contribution in [0, 0.1) is 23.5 Å². The molecule has 2 amide bonds. The number of carbonyl (C=O) groups is 2. The molecule has 2 N–H and O–H groups in total. The molecule has 5 rings (SSSR count). The molecule has 37 heavy (non-hydrogen) atoms. The fraction of sp³-hybridized carbons (Fsp3) is 0.440. The van der Waals surface area contributed by atoms with Crippen LogP contribution in [0.3, 0.4) is 0 Å². The fourth-order valence-electron chi connectivity index (χ4n) is 5.82. The van der Waals surface area contributed by atoms with E-state index in [2.05, 4.69) is 5.32 Å². The van der Waals surface area contributed by atoms with Crippen molar-refractivity contribution in [1.29, 1.82) is 0 Å². The van der Waals surface area contributed by atoms with E-state index < -0.39 is 44.3 Å². The lowest BCUT2D eigenvalue weighted by Gasteiger charge is -2.43. The molecular weight excluding hydrogens is 530 g/mol. The summed E-state index contributed by atoms with van der Waals surface area (Å²) in [6.07, 6.45) is 1.19. The predicted molar refractivity (Wildman–Crippen MR) is 130 cm³/mol. The number of rotatable bonds is 6. The number of hydrogen-bond donors (Lipinski definition) is 2. The molecule has 3 fully saturated rings. The van der Waals surface area contributed by atoms with Gasteiger partial charge in [0.05, 0.1) is 33.9 Å². The van der Waals surface area contributed by atoms with Gasteiger partial charge in [-0.1, -0.05) is 11.6 Å². The largest absolute Gasteiger partial charge is 0.448 e. The van der Waals surface area contributed by atoms with Gasteiger partial charge in [0.15, 0.2) is 21.5 Å². The van der Waals surface area contributed by atoms with Crippen LogP contribution in [0.1, 0.15) is 36.0 Å². The number of nitrogens with zero attached hydrogens (tertiary/aromatic N) is 1. The maximum absolute atomic E-state index is 13.7. The maximum atomic E-state index is 13.7. The normalized spacial score (nSPS) is 27.3. The van der Waals surface area contributed by atoms with Crippen LogP contribution >= 0.6 is 11.6 Å². The first-order chi connectivity index (χ1) is 17.5. The van der Waals surface area contributed by atoms with E-state index in [0.29, 0.717) is 19.4 Å². The molecule has 198 valence electrons. The SMILES string of the molecule is O=C(Nc1ccc(F)c(F)c1)c1ccc(Cl)c(S(=O)(=O)C2C[C@H]3CC[C@@H](C2)C3(O)CN2CCOC2=O)c1. The molecule has 2 aromatic rings. The lowest BCUT2D eigenvalue weighted by molar-refractivity contribution is -0.0720. The fourth-order valence-corrected chi connectivity index (χ4v) is 8.22. The van der Waals surface area contributed by atoms with Gasteiger partial charge in [-0.05, 0) is 67.9 Å². The lowest BCUT2D eigenvalue weighted by atomic mass is 9.74. The summed E-state index contributed by atoms with van der Waals surface area (Å²) in [4.78, 5) is 25.9. The first kappa shape index (κ1) is 25.9. The average molecular weight is 555 g/mol. The molecule has 3 aliphatic rings. The quantitative estimate of drug-likeness (QED) is 0.558. The smallest absolute Gasteiger partial charge is 0.410 e. The molecule has 1 saturated heterocycles. The van der Waals surface area contributed by atoms with Crippen LogP contribution in [0.15, 0.2) is 41.3 Å². The Labute approximate surface area is 217 Å². The van der Waals surface area contributed by atoms with Crippen LogP contribution in [-0.4, -0.2) is 61.0 Å². The summed E-state index contributed by atoms with van der Waals surface area (Å²) in [6.45, 7) is 0.755. The van der Waals surface area contributed by atoms with Crippen molar-refractivity contribution in [2.24, 2.45) is 11.8 Å². The van der Waals surface area contributed by atoms with Crippen molar-refractivity contribution < 1.29 is 36.6 Å². The second-order valence-corrected chi connectivity index (χ2v) is 12.5. The van der Waals surface area contributed by atoms with Gasteiger partial charge in [0, 0.05) is 17.3 Å². The monoisotopic (exact) mass is 554 g/mol. The second kappa shape index (κ2) is 9.52. The predicted octanol–water partition coefficient (Wildman–Crippen LogP) is 4.02. The van der Waals surface area contributed by atoms with Crippen LogP contribution in [0.2, 0.25) is 5.02 Å². The zero-order chi connectivity index (χ0) is 26.5. The molecule has 0 aromatic heterocycles. The van der Waals surface area contributed by atoms with Crippen molar-refractivity contribution in [3.63, 3.8) is 0 Å². The number of nitrogens with one attached hydrogen (secondary N) is 1. The number of fused-ring (bicyclic) bond motifs is 2. The zero-order valence-corrected chi connectivity index (χ0v) is 21.2. The molecule has 0 radical (unpaired) electrons. The highest BCUT2D eigenvalue weighted by Gasteiger charge is 2.57. The van der Waals surface area contributed by atoms with E-state index in [-0.39, 0.29) is 59.0 Å². The third-order valence-electron chi connectivity index (χ3n) is 7.78. The Balaban J connectivity index is 1.35. The van der Waals surface area contributed by atoms with Crippen molar-refractivity contribution >= 4 is 39.1 Å². The number of benzene rings is 2. The van der Waals surface area contributed by atoms with E-state index in [0.717, 1.165) is 12.1 Å². The highest BCUT2D eigenvalue weighted by Crippen LogP contribution is 2.52. The van der Waals surface area contributed by atoms with Gasteiger partial charge in [0.2, 0.25) is 0 Å². The number of halogens is 3. The second-order valence-electron chi connectivity index (χ2n) is 9.86. The molecule has 2 bridgehead atoms. The first-order valence-corrected chi connectivity index (χ1v) is 13.9.